The third-order valence-electron chi connectivity index (χ3n) is 18.4. The molecule has 6 bridgehead atoms. The zero-order valence-corrected chi connectivity index (χ0v) is 47.4. The summed E-state index contributed by atoms with van der Waals surface area (Å²) in [6.45, 7) is 11.6. The molecule has 1 aliphatic carbocycles. The minimum absolute atomic E-state index is 0.0435. The van der Waals surface area contributed by atoms with Crippen molar-refractivity contribution in [3.05, 3.63) is 77.4 Å². The lowest BCUT2D eigenvalue weighted by Gasteiger charge is -2.48. The molecule has 79 heavy (non-hydrogen) atoms. The molecule has 8 rings (SSSR count). The normalized spacial score (nSPS) is 38.1. The molecule has 2 aromatic heterocycles. The maximum Gasteiger partial charge on any atom is 0.347 e. The second-order valence-electron chi connectivity index (χ2n) is 23.9. The smallest absolute Gasteiger partial charge is 0.347 e. The zero-order valence-electron chi connectivity index (χ0n) is 47.4. The Morgan fingerprint density at radius 3 is 2.14 bits per heavy atom. The number of fused-ring (bicyclic) bond motifs is 5. The first-order valence-corrected chi connectivity index (χ1v) is 28.0. The quantitative estimate of drug-likeness (QED) is 0.220. The Morgan fingerprint density at radius 2 is 1.46 bits per heavy atom. The molecule has 4 unspecified atom stereocenters. The molecule has 3 fully saturated rings. The van der Waals surface area contributed by atoms with Crippen LogP contribution < -0.4 is 22.8 Å². The van der Waals surface area contributed by atoms with Gasteiger partial charge >= 0.3 is 28.7 Å². The summed E-state index contributed by atoms with van der Waals surface area (Å²) in [7, 11) is 5.43. The first-order chi connectivity index (χ1) is 37.2. The molecule has 0 aromatic carbocycles. The maximum atomic E-state index is 14.8. The van der Waals surface area contributed by atoms with Gasteiger partial charge < -0.3 is 39.2 Å². The fraction of sp³-hybridized carbons (Fsp3) is 0.732. The van der Waals surface area contributed by atoms with Gasteiger partial charge in [0.15, 0.2) is 5.78 Å². The van der Waals surface area contributed by atoms with Crippen molar-refractivity contribution in [2.75, 3.05) is 20.8 Å². The highest BCUT2D eigenvalue weighted by Crippen LogP contribution is 2.46. The lowest BCUT2D eigenvalue weighted by Crippen LogP contribution is -2.61. The summed E-state index contributed by atoms with van der Waals surface area (Å²) in [6, 6.07) is -4.80. The van der Waals surface area contributed by atoms with Crippen LogP contribution in [0.25, 0.3) is 0 Å². The van der Waals surface area contributed by atoms with Crippen LogP contribution in [0.2, 0.25) is 0 Å². The van der Waals surface area contributed by atoms with Gasteiger partial charge in [-0.15, -0.1) is 0 Å². The monoisotopic (exact) mass is 1110 g/mol. The van der Waals surface area contributed by atoms with Crippen molar-refractivity contribution in [3.63, 3.8) is 0 Å². The molecular formula is C56H81N7O16. The van der Waals surface area contributed by atoms with Crippen molar-refractivity contribution in [3.8, 4) is 0 Å². The van der Waals surface area contributed by atoms with Gasteiger partial charge in [-0.1, -0.05) is 57.6 Å². The number of esters is 1. The van der Waals surface area contributed by atoms with Gasteiger partial charge in [-0.3, -0.25) is 19.2 Å². The average molecular weight is 1110 g/mol. The molecule has 23 heteroatoms. The van der Waals surface area contributed by atoms with E-state index in [4.69, 9.17) is 18.9 Å². The summed E-state index contributed by atoms with van der Waals surface area (Å²) in [5.41, 5.74) is -3.80. The van der Waals surface area contributed by atoms with E-state index in [-0.39, 0.29) is 62.3 Å². The second-order valence-corrected chi connectivity index (χ2v) is 23.9. The highest BCUT2D eigenvalue weighted by Gasteiger charge is 2.56. The lowest BCUT2D eigenvalue weighted by atomic mass is 9.78. The highest BCUT2D eigenvalue weighted by molar-refractivity contribution is 6.39. The Kier molecular flexibility index (Phi) is 17.4. The molecule has 3 N–H and O–H groups in total. The molecule has 0 radical (unpaired) electrons. The van der Waals surface area contributed by atoms with Crippen molar-refractivity contribution in [1.29, 1.82) is 0 Å². The SMILES string of the molecule is CO[C@@H]1C[C@H](C[C@@H](C)[C@@H]2CC(=O)[C@@H](C)/C=C(\C)[C@H](O)[C@@H](OC)C(=O)[C@@H](C)C/C(C)=C/C3C4C=CC(C)(C(C[C@@H]5CC[C@@H](C)[C@@](O)(O5)C(=O)C(=O)N5CCCC[C@H]5C(=O)O2)n2c(=O)n(C)c(=O)n23)n2c(=O)n(C)c(=O)n24)CC[C@H]1O. The number of nitrogens with zero attached hydrogens (tertiary/aromatic N) is 7. The summed E-state index contributed by atoms with van der Waals surface area (Å²) >= 11 is 0. The molecule has 1 amide bonds. The number of hydrogen-bond donors (Lipinski definition) is 3. The Morgan fingerprint density at radius 1 is 0.785 bits per heavy atom. The van der Waals surface area contributed by atoms with Crippen molar-refractivity contribution in [2.45, 2.75) is 198 Å². The Labute approximate surface area is 458 Å². The van der Waals surface area contributed by atoms with Crippen LogP contribution in [0.5, 0.6) is 0 Å². The number of ketones is 3. The van der Waals surface area contributed by atoms with Gasteiger partial charge in [-0.2, -0.15) is 0 Å². The standard InChI is InChI=1S/C56H81N7O16/c1-29-22-32(4)45(66)47(77-11)46(67)33(5)24-30(2)41(65)28-42(31(3)25-35-16-18-40(64)43(26-35)76-10)78-50(70)38-14-12-13-21-59(38)49(69)48(68)56(75)34(6)15-17-36(79-56)27-44-55(7)20-19-37(61-52(72)58(9)54(74)63(55)61)39(23-29)60-51(71)57(8)53(73)62(44)60/h19-20,23-24,30-32,34-40,42-44,46-47,64,67,75H,12-18,21-22,25-28H2,1-11H3/b29-23+,33-24+/t30-,31+,32-,34+,35-,36-,37?,38-,39?,40+,42-,43+,44?,46-,47-,55?,56+/m0/s1. The van der Waals surface area contributed by atoms with Crippen LogP contribution in [-0.4, -0.2) is 147 Å². The number of cyclic esters (lactones) is 1. The van der Waals surface area contributed by atoms with Gasteiger partial charge in [0.05, 0.1) is 36.4 Å². The third kappa shape index (κ3) is 10.8. The minimum Gasteiger partial charge on any atom is -0.460 e. The molecule has 2 aromatic rings. The van der Waals surface area contributed by atoms with Gasteiger partial charge in [0.25, 0.3) is 11.7 Å². The summed E-state index contributed by atoms with van der Waals surface area (Å²) < 4.78 is 30.7. The molecule has 17 atom stereocenters. The zero-order chi connectivity index (χ0) is 57.9. The van der Waals surface area contributed by atoms with Crippen molar-refractivity contribution >= 4 is 29.2 Å². The Balaban J connectivity index is 1.23. The number of carbonyl (C=O) groups excluding carboxylic acids is 5. The first-order valence-electron chi connectivity index (χ1n) is 28.0. The van der Waals surface area contributed by atoms with Gasteiger partial charge in [-0.25, -0.2) is 51.8 Å². The number of aliphatic hydroxyl groups excluding tert-OH is 2. The number of carbonyl (C=O) groups is 5. The highest BCUT2D eigenvalue weighted by atomic mass is 16.6. The molecular weight excluding hydrogens is 1030 g/mol. The largest absolute Gasteiger partial charge is 0.460 e. The Bertz CT molecular complexity index is 3050. The van der Waals surface area contributed by atoms with Crippen LogP contribution in [0.15, 0.2) is 54.6 Å². The number of allylic oxidation sites excluding steroid dienone is 5. The van der Waals surface area contributed by atoms with Crippen molar-refractivity contribution in [2.24, 2.45) is 43.7 Å². The van der Waals surface area contributed by atoms with E-state index < -0.39 is 142 Å². The summed E-state index contributed by atoms with van der Waals surface area (Å²) in [4.78, 5) is 132. The van der Waals surface area contributed by atoms with Gasteiger partial charge in [0.2, 0.25) is 5.79 Å². The third-order valence-corrected chi connectivity index (χ3v) is 18.4. The number of piperidine rings is 1. The van der Waals surface area contributed by atoms with Gasteiger partial charge in [-0.05, 0) is 109 Å². The van der Waals surface area contributed by atoms with Crippen molar-refractivity contribution < 1.29 is 58.2 Å². The van der Waals surface area contributed by atoms with E-state index in [0.29, 0.717) is 44.1 Å². The summed E-state index contributed by atoms with van der Waals surface area (Å²) in [5, 5.41) is 34.8. The van der Waals surface area contributed by atoms with Crippen LogP contribution >= 0.6 is 0 Å². The van der Waals surface area contributed by atoms with Crippen LogP contribution in [0.3, 0.4) is 0 Å². The van der Waals surface area contributed by atoms with Crippen LogP contribution in [-0.2, 0) is 62.6 Å². The predicted molar refractivity (Wildman–Crippen MR) is 285 cm³/mol. The predicted octanol–water partition coefficient (Wildman–Crippen LogP) is 2.06. The maximum absolute atomic E-state index is 14.8. The second kappa shape index (κ2) is 23.1. The van der Waals surface area contributed by atoms with E-state index in [0.717, 1.165) is 14.0 Å². The van der Waals surface area contributed by atoms with E-state index in [9.17, 15) is 58.5 Å². The van der Waals surface area contributed by atoms with Gasteiger partial charge in [0, 0.05) is 59.0 Å². The molecule has 7 heterocycles. The van der Waals surface area contributed by atoms with E-state index in [1.165, 1.54) is 53.1 Å². The van der Waals surface area contributed by atoms with Gasteiger partial charge in [0.1, 0.15) is 35.7 Å². The van der Waals surface area contributed by atoms with E-state index in [1.807, 2.05) is 6.92 Å². The molecule has 2 saturated heterocycles. The number of hydrogen-bond acceptors (Lipinski definition) is 16. The minimum atomic E-state index is -2.76. The molecule has 1 saturated carbocycles. The molecule has 436 valence electrons. The van der Waals surface area contributed by atoms with Crippen LogP contribution in [0, 0.1) is 29.6 Å². The van der Waals surface area contributed by atoms with E-state index >= 15 is 0 Å². The number of methoxy groups -OCH3 is 2. The summed E-state index contributed by atoms with van der Waals surface area (Å²) in [6.07, 6.45) is 3.55. The average Bonchev–Trinajstić information content (AvgIpc) is 3.85. The number of aliphatic hydroxyl groups is 3. The number of amides is 1. The van der Waals surface area contributed by atoms with Crippen molar-refractivity contribution in [1.82, 2.24) is 32.8 Å². The number of rotatable bonds is 5. The van der Waals surface area contributed by atoms with E-state index in [1.54, 1.807) is 59.8 Å². The topological polar surface area (TPSA) is 284 Å². The first kappa shape index (κ1) is 59.5. The van der Waals surface area contributed by atoms with Crippen LogP contribution in [0.1, 0.15) is 144 Å². The van der Waals surface area contributed by atoms with Crippen LogP contribution in [0.4, 0.5) is 0 Å². The number of ether oxygens (including phenoxy) is 4. The fourth-order valence-corrected chi connectivity index (χ4v) is 13.5. The lowest BCUT2D eigenvalue weighted by molar-refractivity contribution is -0.265. The molecule has 5 aliphatic heterocycles. The molecule has 0 spiro atoms. The molecule has 6 aliphatic rings. The number of aromatic nitrogens is 6. The molecule has 23 nitrogen and oxygen atoms in total. The summed E-state index contributed by atoms with van der Waals surface area (Å²) in [5.74, 6) is -9.98. The fourth-order valence-electron chi connectivity index (χ4n) is 13.5. The number of Topliss-reactive ketones (excluding diaryl/α,β-unsaturated/α-hetero) is 3. The van der Waals surface area contributed by atoms with E-state index in [2.05, 4.69) is 0 Å². The Hall–Kier alpha value is -5.59.